The number of aliphatic carboxylic acids is 1. The van der Waals surface area contributed by atoms with E-state index in [0.29, 0.717) is 20.9 Å². The second-order valence-corrected chi connectivity index (χ2v) is 10.5. The fourth-order valence-corrected chi connectivity index (χ4v) is 7.01. The Kier molecular flexibility index (Phi) is 6.58. The van der Waals surface area contributed by atoms with E-state index in [1.807, 2.05) is 0 Å². The number of amides is 2. The molecule has 6 N–H and O–H groups in total. The van der Waals surface area contributed by atoms with Gasteiger partial charge in [0.1, 0.15) is 29.1 Å². The topological polar surface area (TPSA) is 200 Å². The number of aromatic nitrogens is 4. The van der Waals surface area contributed by atoms with E-state index in [9.17, 15) is 24.7 Å². The van der Waals surface area contributed by atoms with Crippen molar-refractivity contribution in [3.05, 3.63) is 28.0 Å². The number of hydrogen-bond acceptors (Lipinski definition) is 13. The number of nitrogen functional groups attached to an aromatic ring is 1. The first-order chi connectivity index (χ1) is 15.4. The van der Waals surface area contributed by atoms with Crippen LogP contribution in [0.15, 0.2) is 32.6 Å². The Morgan fingerprint density at radius 3 is 2.88 bits per heavy atom. The SMILES string of the molecule is Nc1nc(/C(=N/O)C(=O)N[C@@H]2C(=O)N3C(C(=O)O)=C(SCSc4nc[nH]n4)CS[C@@H]23)cs1. The molecule has 2 amide bonds. The summed E-state index contributed by atoms with van der Waals surface area (Å²) in [5.74, 6) is -2.26. The molecule has 0 saturated carbocycles. The van der Waals surface area contributed by atoms with Gasteiger partial charge in [-0.1, -0.05) is 16.9 Å². The van der Waals surface area contributed by atoms with Crippen LogP contribution in [0.25, 0.3) is 0 Å². The second-order valence-electron chi connectivity index (χ2n) is 6.15. The van der Waals surface area contributed by atoms with Crippen LogP contribution < -0.4 is 11.1 Å². The minimum Gasteiger partial charge on any atom is -0.477 e. The third-order valence-corrected chi connectivity index (χ3v) is 8.54. The maximum absolute atomic E-state index is 12.7. The number of hydrogen-bond donors (Lipinski definition) is 5. The zero-order chi connectivity index (χ0) is 22.8. The van der Waals surface area contributed by atoms with Gasteiger partial charge >= 0.3 is 5.97 Å². The number of nitrogens with one attached hydrogen (secondary N) is 2. The number of carboxylic acid groups (broad SMARTS) is 1. The standard InChI is InChI=1S/C15H14N8O5S4/c16-14-19-5(1-30-14)7(22-28)10(24)20-8-11(25)23-9(13(26)27)6(2-29-12(8)23)31-4-32-15-17-3-18-21-15/h1,3,8,12,28H,2,4H2,(H2,16,19)(H,20,24)(H,26,27)(H,17,18,21)/b22-7-/t8-,12+/m1/s1. The average Bonchev–Trinajstić information content (AvgIpc) is 3.44. The van der Waals surface area contributed by atoms with Gasteiger partial charge in [-0.15, -0.1) is 40.0 Å². The summed E-state index contributed by atoms with van der Waals surface area (Å²) in [7, 11) is 0. The number of aromatic amines is 1. The molecule has 2 atom stereocenters. The molecule has 1 fully saturated rings. The highest BCUT2D eigenvalue weighted by Crippen LogP contribution is 2.44. The van der Waals surface area contributed by atoms with Gasteiger partial charge in [0.15, 0.2) is 10.8 Å². The maximum atomic E-state index is 12.7. The first kappa shape index (κ1) is 22.4. The summed E-state index contributed by atoms with van der Waals surface area (Å²) in [5.41, 5.74) is 5.12. The first-order valence-corrected chi connectivity index (χ1v) is 12.6. The normalized spacial score (nSPS) is 20.7. The Morgan fingerprint density at radius 1 is 1.44 bits per heavy atom. The molecule has 1 saturated heterocycles. The minimum atomic E-state index is -1.23. The number of carbonyl (C=O) groups is 3. The van der Waals surface area contributed by atoms with Crippen molar-refractivity contribution < 1.29 is 24.7 Å². The van der Waals surface area contributed by atoms with E-state index < -0.39 is 29.2 Å². The van der Waals surface area contributed by atoms with Crippen LogP contribution in [0.5, 0.6) is 0 Å². The van der Waals surface area contributed by atoms with Gasteiger partial charge in [-0.3, -0.25) is 19.6 Å². The molecular weight excluding hydrogens is 500 g/mol. The molecule has 0 bridgehead atoms. The fraction of sp³-hybridized carbons (Fsp3) is 0.267. The van der Waals surface area contributed by atoms with Gasteiger partial charge in [0, 0.05) is 16.0 Å². The predicted octanol–water partition coefficient (Wildman–Crippen LogP) is 0.201. The number of β-lactam (4-membered cyclic amide) rings is 1. The molecule has 2 aromatic heterocycles. The summed E-state index contributed by atoms with van der Waals surface area (Å²) in [6, 6.07) is -0.969. The molecule has 2 aliphatic rings. The molecule has 4 heterocycles. The van der Waals surface area contributed by atoms with Crippen molar-refractivity contribution in [1.82, 2.24) is 30.4 Å². The summed E-state index contributed by atoms with van der Waals surface area (Å²) < 4.78 is 0. The zero-order valence-corrected chi connectivity index (χ0v) is 19.1. The monoisotopic (exact) mass is 514 g/mol. The highest BCUT2D eigenvalue weighted by atomic mass is 32.2. The Bertz CT molecular complexity index is 1120. The van der Waals surface area contributed by atoms with Crippen molar-refractivity contribution in [2.24, 2.45) is 5.16 Å². The molecule has 2 aliphatic heterocycles. The number of H-pyrrole nitrogens is 1. The van der Waals surface area contributed by atoms with Crippen LogP contribution >= 0.6 is 46.6 Å². The molecule has 0 aliphatic carbocycles. The van der Waals surface area contributed by atoms with Crippen LogP contribution in [0, 0.1) is 0 Å². The number of fused-ring (bicyclic) bond motifs is 1. The van der Waals surface area contributed by atoms with E-state index in [1.54, 1.807) is 0 Å². The number of anilines is 1. The lowest BCUT2D eigenvalue weighted by molar-refractivity contribution is -0.150. The van der Waals surface area contributed by atoms with Gasteiger partial charge in [0.2, 0.25) is 5.16 Å². The number of carbonyl (C=O) groups excluding carboxylic acids is 2. The molecule has 0 spiro atoms. The van der Waals surface area contributed by atoms with Gasteiger partial charge in [-0.2, -0.15) is 0 Å². The smallest absolute Gasteiger partial charge is 0.353 e. The van der Waals surface area contributed by atoms with Crippen molar-refractivity contribution >= 4 is 75.2 Å². The molecule has 168 valence electrons. The third kappa shape index (κ3) is 4.27. The highest BCUT2D eigenvalue weighted by Gasteiger charge is 2.54. The zero-order valence-electron chi connectivity index (χ0n) is 15.8. The summed E-state index contributed by atoms with van der Waals surface area (Å²) >= 11 is 5.01. The van der Waals surface area contributed by atoms with E-state index in [4.69, 9.17) is 5.73 Å². The quantitative estimate of drug-likeness (QED) is 0.0801. The van der Waals surface area contributed by atoms with Crippen LogP contribution in [0.1, 0.15) is 5.69 Å². The lowest BCUT2D eigenvalue weighted by Crippen LogP contribution is -2.71. The van der Waals surface area contributed by atoms with Crippen LogP contribution in [0.3, 0.4) is 0 Å². The number of rotatable bonds is 8. The van der Waals surface area contributed by atoms with E-state index in [1.165, 1.54) is 47.0 Å². The number of carboxylic acids is 1. The molecule has 4 rings (SSSR count). The van der Waals surface area contributed by atoms with Crippen LogP contribution in [-0.2, 0) is 14.4 Å². The Balaban J connectivity index is 1.44. The average molecular weight is 515 g/mol. The lowest BCUT2D eigenvalue weighted by atomic mass is 10.0. The number of thiazole rings is 1. The molecule has 32 heavy (non-hydrogen) atoms. The van der Waals surface area contributed by atoms with E-state index in [2.05, 4.69) is 30.6 Å². The number of thioether (sulfide) groups is 3. The molecule has 0 unspecified atom stereocenters. The van der Waals surface area contributed by atoms with E-state index in [0.717, 1.165) is 16.2 Å². The predicted molar refractivity (Wildman–Crippen MR) is 119 cm³/mol. The molecule has 13 nitrogen and oxygen atoms in total. The van der Waals surface area contributed by atoms with Crippen molar-refractivity contribution in [3.63, 3.8) is 0 Å². The van der Waals surface area contributed by atoms with Crippen molar-refractivity contribution in [2.75, 3.05) is 16.6 Å². The number of nitrogens with two attached hydrogens (primary N) is 1. The van der Waals surface area contributed by atoms with Crippen molar-refractivity contribution in [1.29, 1.82) is 0 Å². The summed E-state index contributed by atoms with van der Waals surface area (Å²) in [6.45, 7) is 0. The largest absolute Gasteiger partial charge is 0.477 e. The van der Waals surface area contributed by atoms with Gasteiger partial charge in [-0.25, -0.2) is 14.8 Å². The van der Waals surface area contributed by atoms with Crippen LogP contribution in [-0.4, -0.2) is 81.1 Å². The Labute approximate surface area is 196 Å². The van der Waals surface area contributed by atoms with Gasteiger partial charge in [-0.05, 0) is 0 Å². The van der Waals surface area contributed by atoms with Gasteiger partial charge < -0.3 is 21.4 Å². The first-order valence-electron chi connectivity index (χ1n) is 8.67. The van der Waals surface area contributed by atoms with E-state index in [-0.39, 0.29) is 22.2 Å². The fourth-order valence-electron chi connectivity index (χ4n) is 2.94. The lowest BCUT2D eigenvalue weighted by Gasteiger charge is -2.49. The summed E-state index contributed by atoms with van der Waals surface area (Å²) in [6.07, 6.45) is 1.44. The van der Waals surface area contributed by atoms with Crippen LogP contribution in [0.4, 0.5) is 5.13 Å². The van der Waals surface area contributed by atoms with Crippen molar-refractivity contribution in [3.8, 4) is 0 Å². The minimum absolute atomic E-state index is 0.0705. The van der Waals surface area contributed by atoms with Gasteiger partial charge in [0.25, 0.3) is 11.8 Å². The third-order valence-electron chi connectivity index (χ3n) is 4.32. The number of oxime groups is 1. The highest BCUT2D eigenvalue weighted by molar-refractivity contribution is 8.18. The molecule has 0 aromatic carbocycles. The van der Waals surface area contributed by atoms with Crippen LogP contribution in [0.2, 0.25) is 0 Å². The molecule has 2 aromatic rings. The molecule has 17 heteroatoms. The number of nitrogens with zero attached hydrogens (tertiary/aromatic N) is 5. The van der Waals surface area contributed by atoms with Crippen molar-refractivity contribution in [2.45, 2.75) is 16.6 Å². The van der Waals surface area contributed by atoms with Gasteiger partial charge in [0.05, 0.1) is 5.08 Å². The Hall–Kier alpha value is -2.76. The molecular formula is C15H14N8O5S4. The Morgan fingerprint density at radius 2 is 2.25 bits per heavy atom. The molecule has 0 radical (unpaired) electrons. The summed E-state index contributed by atoms with van der Waals surface area (Å²) in [5, 5.41) is 32.9. The summed E-state index contributed by atoms with van der Waals surface area (Å²) in [4.78, 5) is 46.7. The maximum Gasteiger partial charge on any atom is 0.353 e. The van der Waals surface area contributed by atoms with E-state index >= 15 is 0 Å². The second kappa shape index (κ2) is 9.39.